The standard InChI is InChI=1S/C20H26O4/c1-14-7-5-6-12-19(14)22-21-18-15-10-11-17(13-15)20(18,24-23-19)16-8-3-2-4-9-16/h2-4,8-9,14-15,17-18H,5-7,10-13H2,1H3. The van der Waals surface area contributed by atoms with Crippen molar-refractivity contribution in [2.24, 2.45) is 17.8 Å². The van der Waals surface area contributed by atoms with Crippen LogP contribution in [0, 0.1) is 17.8 Å². The van der Waals surface area contributed by atoms with Crippen LogP contribution >= 0.6 is 0 Å². The highest BCUT2D eigenvalue weighted by atomic mass is 17.3. The minimum atomic E-state index is -0.746. The number of hydrogen-bond donors (Lipinski definition) is 0. The van der Waals surface area contributed by atoms with E-state index in [2.05, 4.69) is 31.2 Å². The van der Waals surface area contributed by atoms with E-state index in [1.165, 1.54) is 19.3 Å². The van der Waals surface area contributed by atoms with Gasteiger partial charge in [-0.3, -0.25) is 0 Å². The van der Waals surface area contributed by atoms with Crippen molar-refractivity contribution in [2.45, 2.75) is 69.4 Å². The van der Waals surface area contributed by atoms with Crippen molar-refractivity contribution in [3.63, 3.8) is 0 Å². The summed E-state index contributed by atoms with van der Waals surface area (Å²) in [5, 5.41) is 0. The second-order valence-electron chi connectivity index (χ2n) is 8.15. The van der Waals surface area contributed by atoms with Gasteiger partial charge in [0.25, 0.3) is 0 Å². The van der Waals surface area contributed by atoms with Gasteiger partial charge in [-0.05, 0) is 49.5 Å². The number of fused-ring (bicyclic) bond motifs is 5. The molecule has 1 spiro atoms. The molecule has 1 heterocycles. The molecule has 130 valence electrons. The van der Waals surface area contributed by atoms with Gasteiger partial charge >= 0.3 is 0 Å². The van der Waals surface area contributed by atoms with Gasteiger partial charge in [0.15, 0.2) is 5.60 Å². The van der Waals surface area contributed by atoms with E-state index in [4.69, 9.17) is 19.6 Å². The van der Waals surface area contributed by atoms with Crippen molar-refractivity contribution in [1.29, 1.82) is 0 Å². The average molecular weight is 330 g/mol. The molecule has 1 saturated heterocycles. The Morgan fingerprint density at radius 1 is 0.958 bits per heavy atom. The molecule has 2 bridgehead atoms. The summed E-state index contributed by atoms with van der Waals surface area (Å²) in [4.78, 5) is 24.6. The minimum Gasteiger partial charge on any atom is -0.226 e. The fourth-order valence-corrected chi connectivity index (χ4v) is 5.50. The molecule has 6 unspecified atom stereocenters. The normalized spacial score (nSPS) is 47.5. The van der Waals surface area contributed by atoms with Gasteiger partial charge in [-0.15, -0.1) is 0 Å². The van der Waals surface area contributed by atoms with Crippen LogP contribution < -0.4 is 0 Å². The van der Waals surface area contributed by atoms with E-state index >= 15 is 0 Å². The third-order valence-electron chi connectivity index (χ3n) is 6.93. The van der Waals surface area contributed by atoms with Crippen LogP contribution in [0.3, 0.4) is 0 Å². The highest BCUT2D eigenvalue weighted by molar-refractivity contribution is 5.29. The summed E-state index contributed by atoms with van der Waals surface area (Å²) in [5.41, 5.74) is 0.636. The highest BCUT2D eigenvalue weighted by Crippen LogP contribution is 2.61. The second kappa shape index (κ2) is 5.53. The molecule has 6 atom stereocenters. The lowest BCUT2D eigenvalue weighted by Crippen LogP contribution is -2.47. The van der Waals surface area contributed by atoms with Crippen molar-refractivity contribution in [1.82, 2.24) is 0 Å². The molecule has 3 aliphatic carbocycles. The van der Waals surface area contributed by atoms with E-state index in [0.29, 0.717) is 11.8 Å². The first-order chi connectivity index (χ1) is 11.7. The first-order valence-corrected chi connectivity index (χ1v) is 9.51. The molecule has 0 radical (unpaired) electrons. The van der Waals surface area contributed by atoms with Crippen LogP contribution in [0.5, 0.6) is 0 Å². The third-order valence-corrected chi connectivity index (χ3v) is 6.93. The largest absolute Gasteiger partial charge is 0.236 e. The Hall–Kier alpha value is -0.940. The maximum atomic E-state index is 6.35. The van der Waals surface area contributed by atoms with Gasteiger partial charge in [0.05, 0.1) is 0 Å². The Morgan fingerprint density at radius 2 is 1.83 bits per heavy atom. The first kappa shape index (κ1) is 15.3. The lowest BCUT2D eigenvalue weighted by molar-refractivity contribution is -0.511. The van der Waals surface area contributed by atoms with Crippen LogP contribution in [0.25, 0.3) is 0 Å². The van der Waals surface area contributed by atoms with Crippen molar-refractivity contribution in [3.8, 4) is 0 Å². The van der Waals surface area contributed by atoms with Gasteiger partial charge in [0.1, 0.15) is 6.10 Å². The molecule has 4 nitrogen and oxygen atoms in total. The smallest absolute Gasteiger partial charge is 0.226 e. The fraction of sp³-hybridized carbons (Fsp3) is 0.700. The Balaban J connectivity index is 1.54. The number of rotatable bonds is 1. The molecule has 1 aromatic rings. The van der Waals surface area contributed by atoms with E-state index < -0.39 is 11.4 Å². The Bertz CT molecular complexity index is 605. The molecule has 0 N–H and O–H groups in total. The summed E-state index contributed by atoms with van der Waals surface area (Å²) >= 11 is 0. The van der Waals surface area contributed by atoms with E-state index in [0.717, 1.165) is 31.2 Å². The molecule has 5 rings (SSSR count). The minimum absolute atomic E-state index is 0.0767. The topological polar surface area (TPSA) is 36.9 Å². The van der Waals surface area contributed by atoms with Gasteiger partial charge in [-0.1, -0.05) is 43.7 Å². The van der Waals surface area contributed by atoms with Crippen LogP contribution in [-0.2, 0) is 25.2 Å². The molecule has 24 heavy (non-hydrogen) atoms. The lowest BCUT2D eigenvalue weighted by Gasteiger charge is -2.40. The van der Waals surface area contributed by atoms with E-state index in [-0.39, 0.29) is 12.0 Å². The van der Waals surface area contributed by atoms with Crippen LogP contribution in [0.4, 0.5) is 0 Å². The Labute approximate surface area is 143 Å². The summed E-state index contributed by atoms with van der Waals surface area (Å²) in [6, 6.07) is 10.5. The SMILES string of the molecule is CC1CCCCC12OOC1C3CCC(C3)C1(c1ccccc1)OO2. The molecular formula is C20H26O4. The van der Waals surface area contributed by atoms with Crippen LogP contribution in [0.2, 0.25) is 0 Å². The van der Waals surface area contributed by atoms with Crippen LogP contribution in [0.15, 0.2) is 30.3 Å². The third kappa shape index (κ3) is 2.00. The van der Waals surface area contributed by atoms with Crippen molar-refractivity contribution >= 4 is 0 Å². The quantitative estimate of drug-likeness (QED) is 0.711. The lowest BCUT2D eigenvalue weighted by atomic mass is 9.77. The Kier molecular flexibility index (Phi) is 3.53. The Morgan fingerprint density at radius 3 is 2.67 bits per heavy atom. The van der Waals surface area contributed by atoms with Crippen molar-refractivity contribution in [3.05, 3.63) is 35.9 Å². The predicted octanol–water partition coefficient (Wildman–Crippen LogP) is 4.50. The molecule has 4 aliphatic rings. The highest BCUT2D eigenvalue weighted by Gasteiger charge is 2.65. The van der Waals surface area contributed by atoms with E-state index in [9.17, 15) is 0 Å². The predicted molar refractivity (Wildman–Crippen MR) is 87.4 cm³/mol. The molecule has 0 aromatic heterocycles. The van der Waals surface area contributed by atoms with Gasteiger partial charge < -0.3 is 0 Å². The first-order valence-electron chi connectivity index (χ1n) is 9.51. The summed E-state index contributed by atoms with van der Waals surface area (Å²) in [5.74, 6) is 0.458. The van der Waals surface area contributed by atoms with Gasteiger partial charge in [0, 0.05) is 12.3 Å². The summed E-state index contributed by atoms with van der Waals surface area (Å²) in [7, 11) is 0. The maximum absolute atomic E-state index is 6.35. The zero-order valence-corrected chi connectivity index (χ0v) is 14.3. The summed E-state index contributed by atoms with van der Waals surface area (Å²) in [6.45, 7) is 2.18. The summed E-state index contributed by atoms with van der Waals surface area (Å²) < 4.78 is 0. The fourth-order valence-electron chi connectivity index (χ4n) is 5.50. The molecule has 0 amide bonds. The number of hydrogen-bond acceptors (Lipinski definition) is 4. The van der Waals surface area contributed by atoms with Crippen molar-refractivity contribution < 1.29 is 19.6 Å². The number of benzene rings is 1. The zero-order valence-electron chi connectivity index (χ0n) is 14.3. The van der Waals surface area contributed by atoms with Crippen molar-refractivity contribution in [2.75, 3.05) is 0 Å². The van der Waals surface area contributed by atoms with Gasteiger partial charge in [-0.2, -0.15) is 9.78 Å². The molecule has 1 aliphatic heterocycles. The van der Waals surface area contributed by atoms with Crippen LogP contribution in [0.1, 0.15) is 57.4 Å². The molecule has 4 heteroatoms. The van der Waals surface area contributed by atoms with Gasteiger partial charge in [0.2, 0.25) is 5.79 Å². The van der Waals surface area contributed by atoms with Gasteiger partial charge in [-0.25, -0.2) is 9.78 Å². The monoisotopic (exact) mass is 330 g/mol. The van der Waals surface area contributed by atoms with E-state index in [1.54, 1.807) is 0 Å². The zero-order chi connectivity index (χ0) is 16.2. The molecular weight excluding hydrogens is 304 g/mol. The molecule has 4 fully saturated rings. The second-order valence-corrected chi connectivity index (χ2v) is 8.15. The molecule has 1 aromatic carbocycles. The van der Waals surface area contributed by atoms with E-state index in [1.807, 2.05) is 6.07 Å². The average Bonchev–Trinajstić information content (AvgIpc) is 3.17. The summed E-state index contributed by atoms with van der Waals surface area (Å²) in [6.07, 6.45) is 7.65. The molecule has 3 saturated carbocycles. The maximum Gasteiger partial charge on any atom is 0.236 e. The van der Waals surface area contributed by atoms with Crippen LogP contribution in [-0.4, -0.2) is 11.9 Å².